The fourth-order valence-corrected chi connectivity index (χ4v) is 3.45. The predicted molar refractivity (Wildman–Crippen MR) is 99.7 cm³/mol. The highest BCUT2D eigenvalue weighted by atomic mass is 19.1. The smallest absolute Gasteiger partial charge is 0.263 e. The van der Waals surface area contributed by atoms with Gasteiger partial charge in [-0.25, -0.2) is 4.39 Å². The maximum absolute atomic E-state index is 13.8. The normalized spacial score (nSPS) is 17.5. The minimum absolute atomic E-state index is 0.0658. The summed E-state index contributed by atoms with van der Waals surface area (Å²) in [6, 6.07) is 11.7. The molecule has 3 rings (SSSR count). The van der Waals surface area contributed by atoms with Gasteiger partial charge in [-0.2, -0.15) is 0 Å². The Bertz CT molecular complexity index is 811. The van der Waals surface area contributed by atoms with E-state index in [9.17, 15) is 9.18 Å². The number of halogens is 1. The molecule has 0 spiro atoms. The van der Waals surface area contributed by atoms with Crippen LogP contribution < -0.4 is 14.2 Å². The van der Waals surface area contributed by atoms with E-state index >= 15 is 0 Å². The molecule has 1 heterocycles. The molecule has 2 atom stereocenters. The third-order valence-corrected chi connectivity index (χ3v) is 4.82. The predicted octanol–water partition coefficient (Wildman–Crippen LogP) is 3.97. The molecule has 5 nitrogen and oxygen atoms in total. The van der Waals surface area contributed by atoms with Crippen molar-refractivity contribution in [1.82, 2.24) is 4.90 Å². The summed E-state index contributed by atoms with van der Waals surface area (Å²) >= 11 is 0. The van der Waals surface area contributed by atoms with Crippen LogP contribution in [-0.4, -0.2) is 37.7 Å². The van der Waals surface area contributed by atoms with Crippen LogP contribution in [-0.2, 0) is 4.79 Å². The lowest BCUT2D eigenvalue weighted by Crippen LogP contribution is -2.40. The van der Waals surface area contributed by atoms with Crippen LogP contribution in [0.1, 0.15) is 31.4 Å². The lowest BCUT2D eigenvalue weighted by Gasteiger charge is -2.28. The Morgan fingerprint density at radius 3 is 2.56 bits per heavy atom. The molecule has 1 aliphatic heterocycles. The van der Waals surface area contributed by atoms with Crippen LogP contribution in [0.4, 0.5) is 4.39 Å². The van der Waals surface area contributed by atoms with E-state index in [0.29, 0.717) is 18.0 Å². The summed E-state index contributed by atoms with van der Waals surface area (Å²) in [5, 5.41) is 0. The van der Waals surface area contributed by atoms with E-state index in [1.165, 1.54) is 12.1 Å². The highest BCUT2D eigenvalue weighted by molar-refractivity contribution is 5.81. The number of para-hydroxylation sites is 1. The fourth-order valence-electron chi connectivity index (χ4n) is 3.45. The molecule has 6 heteroatoms. The molecular weight excluding hydrogens is 349 g/mol. The molecule has 1 aliphatic rings. The number of hydrogen-bond donors (Lipinski definition) is 0. The highest BCUT2D eigenvalue weighted by Crippen LogP contribution is 2.37. The van der Waals surface area contributed by atoms with E-state index in [2.05, 4.69) is 0 Å². The third kappa shape index (κ3) is 3.99. The largest absolute Gasteiger partial charge is 0.493 e. The van der Waals surface area contributed by atoms with Crippen molar-refractivity contribution in [3.05, 3.63) is 53.8 Å². The average molecular weight is 373 g/mol. The van der Waals surface area contributed by atoms with Crippen molar-refractivity contribution in [1.29, 1.82) is 0 Å². The van der Waals surface area contributed by atoms with Gasteiger partial charge in [0.05, 0.1) is 20.3 Å². The molecule has 2 aromatic carbocycles. The molecule has 0 saturated carbocycles. The number of benzene rings is 2. The molecule has 0 unspecified atom stereocenters. The van der Waals surface area contributed by atoms with Crippen molar-refractivity contribution >= 4 is 5.91 Å². The Morgan fingerprint density at radius 1 is 1.11 bits per heavy atom. The monoisotopic (exact) mass is 373 g/mol. The second-order valence-corrected chi connectivity index (χ2v) is 6.49. The average Bonchev–Trinajstić information content (AvgIpc) is 3.18. The Morgan fingerprint density at radius 2 is 1.85 bits per heavy atom. The molecule has 0 N–H and O–H groups in total. The summed E-state index contributed by atoms with van der Waals surface area (Å²) < 4.78 is 30.0. The number of amides is 1. The van der Waals surface area contributed by atoms with Crippen LogP contribution >= 0.6 is 0 Å². The summed E-state index contributed by atoms with van der Waals surface area (Å²) in [5.74, 6) is 0.726. The van der Waals surface area contributed by atoms with Crippen molar-refractivity contribution in [2.45, 2.75) is 31.9 Å². The molecule has 144 valence electrons. The van der Waals surface area contributed by atoms with Gasteiger partial charge in [-0.3, -0.25) is 4.79 Å². The number of hydrogen-bond acceptors (Lipinski definition) is 4. The molecular formula is C21H24FNO4. The van der Waals surface area contributed by atoms with Gasteiger partial charge < -0.3 is 19.1 Å². The number of rotatable bonds is 6. The fraction of sp³-hybridized carbons (Fsp3) is 0.381. The van der Waals surface area contributed by atoms with Crippen LogP contribution in [0.15, 0.2) is 42.5 Å². The summed E-state index contributed by atoms with van der Waals surface area (Å²) in [7, 11) is 3.17. The van der Waals surface area contributed by atoms with E-state index in [1.807, 2.05) is 18.2 Å². The van der Waals surface area contributed by atoms with E-state index in [-0.39, 0.29) is 17.7 Å². The Balaban J connectivity index is 1.77. The minimum Gasteiger partial charge on any atom is -0.493 e. The van der Waals surface area contributed by atoms with E-state index < -0.39 is 11.9 Å². The molecule has 0 radical (unpaired) electrons. The molecule has 0 bridgehead atoms. The first kappa shape index (κ1) is 19.0. The molecule has 0 aliphatic carbocycles. The first-order valence-electron chi connectivity index (χ1n) is 8.98. The maximum Gasteiger partial charge on any atom is 0.263 e. The Hall–Kier alpha value is -2.76. The number of methoxy groups -OCH3 is 2. The van der Waals surface area contributed by atoms with Gasteiger partial charge in [-0.15, -0.1) is 0 Å². The molecule has 0 aromatic heterocycles. The molecule has 2 aromatic rings. The number of ether oxygens (including phenoxy) is 3. The second kappa shape index (κ2) is 8.29. The lowest BCUT2D eigenvalue weighted by atomic mass is 10.0. The number of nitrogens with zero attached hydrogens (tertiary/aromatic N) is 1. The van der Waals surface area contributed by atoms with Crippen molar-refractivity contribution < 1.29 is 23.4 Å². The van der Waals surface area contributed by atoms with Crippen LogP contribution in [0.3, 0.4) is 0 Å². The first-order valence-corrected chi connectivity index (χ1v) is 8.98. The van der Waals surface area contributed by atoms with Crippen molar-refractivity contribution in [3.63, 3.8) is 0 Å². The molecule has 1 saturated heterocycles. The Labute approximate surface area is 158 Å². The maximum atomic E-state index is 13.8. The highest BCUT2D eigenvalue weighted by Gasteiger charge is 2.34. The van der Waals surface area contributed by atoms with Crippen LogP contribution in [0, 0.1) is 5.82 Å². The summed E-state index contributed by atoms with van der Waals surface area (Å²) in [6.07, 6.45) is 0.979. The van der Waals surface area contributed by atoms with Crippen molar-refractivity contribution in [2.24, 2.45) is 0 Å². The van der Waals surface area contributed by atoms with Crippen LogP contribution in [0.25, 0.3) is 0 Å². The molecule has 1 fully saturated rings. The van der Waals surface area contributed by atoms with Crippen LogP contribution in [0.2, 0.25) is 0 Å². The molecule has 1 amide bonds. The van der Waals surface area contributed by atoms with Gasteiger partial charge in [0.15, 0.2) is 29.2 Å². The third-order valence-electron chi connectivity index (χ3n) is 4.82. The van der Waals surface area contributed by atoms with Gasteiger partial charge in [0.2, 0.25) is 0 Å². The number of likely N-dealkylation sites (tertiary alicyclic amines) is 1. The molecule has 27 heavy (non-hydrogen) atoms. The summed E-state index contributed by atoms with van der Waals surface area (Å²) in [4.78, 5) is 14.7. The minimum atomic E-state index is -0.775. The standard InChI is InChI=1S/C21H24FNO4/c1-14(27-18-9-5-4-7-16(18)22)21(24)23-12-6-8-17(23)15-10-11-19(25-2)20(13-15)26-3/h4-5,7,9-11,13-14,17H,6,8,12H2,1-3H3/t14-,17-/m0/s1. The van der Waals surface area contributed by atoms with E-state index in [1.54, 1.807) is 38.2 Å². The first-order chi connectivity index (χ1) is 13.0. The topological polar surface area (TPSA) is 48.0 Å². The SMILES string of the molecule is COc1ccc([C@@H]2CCCN2C(=O)[C@H](C)Oc2ccccc2F)cc1OC. The number of carbonyl (C=O) groups excluding carboxylic acids is 1. The van der Waals surface area contributed by atoms with Gasteiger partial charge in [0.25, 0.3) is 5.91 Å². The Kier molecular flexibility index (Phi) is 5.84. The summed E-state index contributed by atoms with van der Waals surface area (Å²) in [6.45, 7) is 2.29. The van der Waals surface area contributed by atoms with E-state index in [0.717, 1.165) is 18.4 Å². The van der Waals surface area contributed by atoms with Gasteiger partial charge in [0.1, 0.15) is 0 Å². The van der Waals surface area contributed by atoms with Gasteiger partial charge in [-0.1, -0.05) is 18.2 Å². The van der Waals surface area contributed by atoms with Gasteiger partial charge >= 0.3 is 0 Å². The zero-order chi connectivity index (χ0) is 19.4. The summed E-state index contributed by atoms with van der Waals surface area (Å²) in [5.41, 5.74) is 0.983. The zero-order valence-corrected chi connectivity index (χ0v) is 15.8. The van der Waals surface area contributed by atoms with Gasteiger partial charge in [0, 0.05) is 6.54 Å². The quantitative estimate of drug-likeness (QED) is 0.769. The van der Waals surface area contributed by atoms with E-state index in [4.69, 9.17) is 14.2 Å². The van der Waals surface area contributed by atoms with Crippen molar-refractivity contribution in [2.75, 3.05) is 20.8 Å². The zero-order valence-electron chi connectivity index (χ0n) is 15.8. The van der Waals surface area contributed by atoms with Crippen LogP contribution in [0.5, 0.6) is 17.2 Å². The van der Waals surface area contributed by atoms with Gasteiger partial charge in [-0.05, 0) is 49.6 Å². The number of carbonyl (C=O) groups is 1. The second-order valence-electron chi connectivity index (χ2n) is 6.49. The van der Waals surface area contributed by atoms with Crippen molar-refractivity contribution in [3.8, 4) is 17.2 Å². The lowest BCUT2D eigenvalue weighted by molar-refractivity contribution is -0.139.